The highest BCUT2D eigenvalue weighted by molar-refractivity contribution is 7.89. The summed E-state index contributed by atoms with van der Waals surface area (Å²) in [6.45, 7) is 4.46. The topological polar surface area (TPSA) is 119 Å². The van der Waals surface area contributed by atoms with Crippen molar-refractivity contribution in [2.45, 2.75) is 56.9 Å². The first kappa shape index (κ1) is 22.3. The second-order valence-corrected chi connectivity index (χ2v) is 11.9. The highest BCUT2D eigenvalue weighted by atomic mass is 32.2. The Bertz CT molecular complexity index is 1270. The smallest absolute Gasteiger partial charge is 0.244 e. The van der Waals surface area contributed by atoms with Crippen molar-refractivity contribution in [1.82, 2.24) is 19.8 Å². The number of nitrogens with zero attached hydrogens (tertiary/aromatic N) is 3. The quantitative estimate of drug-likeness (QED) is 0.537. The minimum atomic E-state index is -3.75. The zero-order chi connectivity index (χ0) is 23.2. The predicted octanol–water partition coefficient (Wildman–Crippen LogP) is 3.60. The first-order valence-electron chi connectivity index (χ1n) is 11.1. The zero-order valence-corrected chi connectivity index (χ0v) is 20.2. The number of sulfonamides is 1. The lowest BCUT2D eigenvalue weighted by atomic mass is 9.99. The average Bonchev–Trinajstić information content (AvgIpc) is 3.18. The van der Waals surface area contributed by atoms with Gasteiger partial charge in [-0.1, -0.05) is 5.16 Å². The Hall–Kier alpha value is -2.50. The van der Waals surface area contributed by atoms with Crippen LogP contribution in [-0.2, 0) is 21.4 Å². The number of aromatic nitrogens is 2. The van der Waals surface area contributed by atoms with Crippen LogP contribution in [0.1, 0.15) is 53.9 Å². The number of carbonyl (C=O) groups is 1. The first-order chi connectivity index (χ1) is 15.8. The van der Waals surface area contributed by atoms with Crippen molar-refractivity contribution in [2.75, 3.05) is 13.1 Å². The Labute approximate surface area is 196 Å². The van der Waals surface area contributed by atoms with Gasteiger partial charge in [0.25, 0.3) is 0 Å². The van der Waals surface area contributed by atoms with Gasteiger partial charge in [-0.05, 0) is 57.7 Å². The number of furan rings is 1. The highest BCUT2D eigenvalue weighted by Crippen LogP contribution is 2.41. The molecular formula is C22H26N4O5S2. The Kier molecular flexibility index (Phi) is 5.87. The number of amides is 1. The molecule has 2 fully saturated rings. The van der Waals surface area contributed by atoms with Crippen LogP contribution in [0.25, 0.3) is 10.7 Å². The standard InChI is InChI=1S/C22H26N4O5S2/c1-13-5-8-17(30-13)11-23-21(27)16-4-3-9-26(12-16)33(28,29)19-10-18(32-14(19)2)20-24-22(31-25-20)15-6-7-15/h5,8,10,15-16H,3-4,6-7,9,11-12H2,1-2H3,(H,23,27)/t16-/m1/s1. The van der Waals surface area contributed by atoms with Gasteiger partial charge in [0.2, 0.25) is 27.6 Å². The Morgan fingerprint density at radius 1 is 1.27 bits per heavy atom. The molecule has 0 aromatic carbocycles. The molecule has 0 unspecified atom stereocenters. The van der Waals surface area contributed by atoms with Crippen LogP contribution in [0.15, 0.2) is 32.0 Å². The Morgan fingerprint density at radius 2 is 2.09 bits per heavy atom. The number of aryl methyl sites for hydroxylation is 2. The molecule has 1 atom stereocenters. The molecule has 0 spiro atoms. The molecule has 0 radical (unpaired) electrons. The fraction of sp³-hybridized carbons (Fsp3) is 0.500. The van der Waals surface area contributed by atoms with Crippen LogP contribution >= 0.6 is 11.3 Å². The second-order valence-electron chi connectivity index (χ2n) is 8.69. The van der Waals surface area contributed by atoms with Crippen molar-refractivity contribution < 1.29 is 22.2 Å². The van der Waals surface area contributed by atoms with Gasteiger partial charge in [-0.3, -0.25) is 4.79 Å². The summed E-state index contributed by atoms with van der Waals surface area (Å²) in [4.78, 5) is 18.7. The van der Waals surface area contributed by atoms with Crippen LogP contribution in [0.2, 0.25) is 0 Å². The van der Waals surface area contributed by atoms with Gasteiger partial charge >= 0.3 is 0 Å². The summed E-state index contributed by atoms with van der Waals surface area (Å²) in [5.41, 5.74) is 0. The predicted molar refractivity (Wildman–Crippen MR) is 121 cm³/mol. The number of thiophene rings is 1. The van der Waals surface area contributed by atoms with Gasteiger partial charge in [0, 0.05) is 23.9 Å². The van der Waals surface area contributed by atoms with Crippen molar-refractivity contribution in [3.05, 3.63) is 40.5 Å². The fourth-order valence-corrected chi connectivity index (χ4v) is 7.09. The van der Waals surface area contributed by atoms with Crippen LogP contribution in [0, 0.1) is 19.8 Å². The van der Waals surface area contributed by atoms with Gasteiger partial charge in [-0.2, -0.15) is 9.29 Å². The molecule has 4 heterocycles. The summed E-state index contributed by atoms with van der Waals surface area (Å²) < 4.78 is 39.1. The molecule has 33 heavy (non-hydrogen) atoms. The van der Waals surface area contributed by atoms with Crippen molar-refractivity contribution in [2.24, 2.45) is 5.92 Å². The fourth-order valence-electron chi connectivity index (χ4n) is 4.08. The summed E-state index contributed by atoms with van der Waals surface area (Å²) in [5.74, 6) is 2.28. The highest BCUT2D eigenvalue weighted by Gasteiger charge is 2.35. The number of rotatable bonds is 7. The lowest BCUT2D eigenvalue weighted by Gasteiger charge is -2.31. The van der Waals surface area contributed by atoms with E-state index in [1.165, 1.54) is 15.6 Å². The molecule has 1 N–H and O–H groups in total. The normalized spacial score (nSPS) is 19.6. The maximum Gasteiger partial charge on any atom is 0.244 e. The molecule has 5 rings (SSSR count). The number of hydrogen-bond donors (Lipinski definition) is 1. The molecule has 2 aliphatic rings. The number of piperidine rings is 1. The van der Waals surface area contributed by atoms with Crippen LogP contribution in [0.5, 0.6) is 0 Å². The van der Waals surface area contributed by atoms with E-state index in [9.17, 15) is 13.2 Å². The SMILES string of the molecule is Cc1ccc(CNC(=O)[C@@H]2CCCN(S(=O)(=O)c3cc(-c4noc(C5CC5)n4)sc3C)C2)o1. The van der Waals surface area contributed by atoms with Crippen LogP contribution in [0.3, 0.4) is 0 Å². The third-order valence-electron chi connectivity index (χ3n) is 6.07. The summed E-state index contributed by atoms with van der Waals surface area (Å²) in [7, 11) is -3.75. The summed E-state index contributed by atoms with van der Waals surface area (Å²) >= 11 is 1.34. The lowest BCUT2D eigenvalue weighted by Crippen LogP contribution is -2.45. The zero-order valence-electron chi connectivity index (χ0n) is 18.5. The number of hydrogen-bond acceptors (Lipinski definition) is 8. The van der Waals surface area contributed by atoms with Gasteiger partial charge in [0.1, 0.15) is 11.5 Å². The van der Waals surface area contributed by atoms with E-state index in [0.717, 1.165) is 18.6 Å². The van der Waals surface area contributed by atoms with Crippen molar-refractivity contribution in [3.63, 3.8) is 0 Å². The first-order valence-corrected chi connectivity index (χ1v) is 13.3. The largest absolute Gasteiger partial charge is 0.465 e. The summed E-state index contributed by atoms with van der Waals surface area (Å²) in [6.07, 6.45) is 3.38. The molecule has 1 aliphatic carbocycles. The van der Waals surface area contributed by atoms with Gasteiger partial charge in [0.05, 0.1) is 22.2 Å². The maximum atomic E-state index is 13.4. The molecule has 9 nitrogen and oxygen atoms in total. The number of carbonyl (C=O) groups excluding carboxylic acids is 1. The van der Waals surface area contributed by atoms with Crippen molar-refractivity contribution in [3.8, 4) is 10.7 Å². The van der Waals surface area contributed by atoms with E-state index in [0.29, 0.717) is 52.5 Å². The second kappa shape index (κ2) is 8.69. The summed E-state index contributed by atoms with van der Waals surface area (Å²) in [5, 5.41) is 6.90. The molecule has 1 aliphatic heterocycles. The Balaban J connectivity index is 1.28. The van der Waals surface area contributed by atoms with Crippen LogP contribution in [-0.4, -0.2) is 41.9 Å². The molecular weight excluding hydrogens is 464 g/mol. The third-order valence-corrected chi connectivity index (χ3v) is 9.23. The van der Waals surface area contributed by atoms with Gasteiger partial charge < -0.3 is 14.3 Å². The lowest BCUT2D eigenvalue weighted by molar-refractivity contribution is -0.126. The molecule has 3 aromatic heterocycles. The summed E-state index contributed by atoms with van der Waals surface area (Å²) in [6, 6.07) is 5.29. The molecule has 11 heteroatoms. The van der Waals surface area contributed by atoms with E-state index in [1.54, 1.807) is 13.0 Å². The molecule has 1 saturated heterocycles. The van der Waals surface area contributed by atoms with Gasteiger partial charge in [0.15, 0.2) is 0 Å². The minimum absolute atomic E-state index is 0.157. The van der Waals surface area contributed by atoms with Gasteiger partial charge in [-0.25, -0.2) is 8.42 Å². The van der Waals surface area contributed by atoms with Gasteiger partial charge in [-0.15, -0.1) is 11.3 Å². The van der Waals surface area contributed by atoms with E-state index in [1.807, 2.05) is 19.1 Å². The van der Waals surface area contributed by atoms with E-state index < -0.39 is 15.9 Å². The third kappa shape index (κ3) is 4.62. The molecule has 176 valence electrons. The molecule has 0 bridgehead atoms. The minimum Gasteiger partial charge on any atom is -0.465 e. The molecule has 3 aromatic rings. The number of nitrogens with one attached hydrogen (secondary N) is 1. The van der Waals surface area contributed by atoms with Crippen molar-refractivity contribution in [1.29, 1.82) is 0 Å². The van der Waals surface area contributed by atoms with Crippen LogP contribution < -0.4 is 5.32 Å². The van der Waals surface area contributed by atoms with E-state index in [4.69, 9.17) is 8.94 Å². The van der Waals surface area contributed by atoms with Crippen molar-refractivity contribution >= 4 is 27.3 Å². The Morgan fingerprint density at radius 3 is 2.82 bits per heavy atom. The molecule has 1 amide bonds. The van der Waals surface area contributed by atoms with E-state index in [2.05, 4.69) is 15.5 Å². The van der Waals surface area contributed by atoms with Crippen LogP contribution in [0.4, 0.5) is 0 Å². The maximum absolute atomic E-state index is 13.4. The monoisotopic (exact) mass is 490 g/mol. The van der Waals surface area contributed by atoms with E-state index >= 15 is 0 Å². The van der Waals surface area contributed by atoms with E-state index in [-0.39, 0.29) is 23.9 Å². The average molecular weight is 491 g/mol. The molecule has 1 saturated carbocycles.